The SMILES string of the molecule is C/C=C/OC[C@@H](COP(=O)([O-])OCC[N+](C)(C)C)OCCCCCC/C=C\CCCCCCCCCC. The van der Waals surface area contributed by atoms with Crippen molar-refractivity contribution in [3.8, 4) is 0 Å². The maximum atomic E-state index is 12.0. The van der Waals surface area contributed by atoms with Crippen LogP contribution in [0.1, 0.15) is 104 Å². The molecule has 2 atom stereocenters. The van der Waals surface area contributed by atoms with Crippen LogP contribution in [0.4, 0.5) is 0 Å². The quantitative estimate of drug-likeness (QED) is 0.0357. The largest absolute Gasteiger partial charge is 0.756 e. The number of unbranched alkanes of at least 4 members (excludes halogenated alkanes) is 12. The molecule has 7 nitrogen and oxygen atoms in total. The van der Waals surface area contributed by atoms with Crippen LogP contribution in [-0.4, -0.2) is 64.7 Å². The van der Waals surface area contributed by atoms with Gasteiger partial charge in [-0.2, -0.15) is 0 Å². The molecule has 0 aliphatic rings. The van der Waals surface area contributed by atoms with Crippen molar-refractivity contribution in [2.45, 2.75) is 110 Å². The molecule has 0 fully saturated rings. The number of hydrogen-bond acceptors (Lipinski definition) is 6. The van der Waals surface area contributed by atoms with Crippen LogP contribution in [0.5, 0.6) is 0 Å². The lowest BCUT2D eigenvalue weighted by atomic mass is 10.1. The predicted molar refractivity (Wildman–Crippen MR) is 152 cm³/mol. The van der Waals surface area contributed by atoms with Crippen LogP contribution in [0.25, 0.3) is 0 Å². The zero-order valence-electron chi connectivity index (χ0n) is 24.7. The molecule has 0 saturated carbocycles. The Balaban J connectivity index is 3.89. The number of likely N-dealkylation sites (N-methyl/N-ethyl adjacent to an activating group) is 1. The molecule has 0 amide bonds. The molecule has 0 aromatic carbocycles. The fourth-order valence-corrected chi connectivity index (χ4v) is 4.37. The summed E-state index contributed by atoms with van der Waals surface area (Å²) in [7, 11) is 1.54. The molecule has 0 spiro atoms. The van der Waals surface area contributed by atoms with Gasteiger partial charge in [-0.3, -0.25) is 4.57 Å². The molecule has 0 aromatic heterocycles. The van der Waals surface area contributed by atoms with E-state index >= 15 is 0 Å². The van der Waals surface area contributed by atoms with Gasteiger partial charge in [0.2, 0.25) is 0 Å². The van der Waals surface area contributed by atoms with Crippen LogP contribution < -0.4 is 4.89 Å². The van der Waals surface area contributed by atoms with Gasteiger partial charge >= 0.3 is 0 Å². The Bertz CT molecular complexity index is 606. The van der Waals surface area contributed by atoms with Gasteiger partial charge in [-0.05, 0) is 39.0 Å². The number of allylic oxidation sites excluding steroid dienone is 3. The summed E-state index contributed by atoms with van der Waals surface area (Å²) in [6.45, 7) is 5.42. The number of nitrogens with zero attached hydrogens (tertiary/aromatic N) is 1. The lowest BCUT2D eigenvalue weighted by molar-refractivity contribution is -0.870. The summed E-state index contributed by atoms with van der Waals surface area (Å²) < 4.78 is 33.9. The molecule has 0 N–H and O–H groups in total. The zero-order valence-corrected chi connectivity index (χ0v) is 25.6. The highest BCUT2D eigenvalue weighted by Gasteiger charge is 2.17. The van der Waals surface area contributed by atoms with Crippen molar-refractivity contribution < 1.29 is 32.5 Å². The van der Waals surface area contributed by atoms with E-state index in [-0.39, 0.29) is 19.8 Å². The fourth-order valence-electron chi connectivity index (χ4n) is 3.64. The monoisotopic (exact) mass is 547 g/mol. The van der Waals surface area contributed by atoms with Crippen LogP contribution in [0.15, 0.2) is 24.5 Å². The first-order chi connectivity index (χ1) is 17.7. The second-order valence-electron chi connectivity index (χ2n) is 10.8. The second-order valence-corrected chi connectivity index (χ2v) is 12.2. The molecule has 0 radical (unpaired) electrons. The highest BCUT2D eigenvalue weighted by Crippen LogP contribution is 2.38. The minimum absolute atomic E-state index is 0.0826. The molecule has 0 aliphatic carbocycles. The average molecular weight is 548 g/mol. The zero-order chi connectivity index (χ0) is 27.7. The summed E-state index contributed by atoms with van der Waals surface area (Å²) in [5, 5.41) is 0. The molecule has 37 heavy (non-hydrogen) atoms. The molecule has 0 rings (SSSR count). The van der Waals surface area contributed by atoms with Gasteiger partial charge in [-0.1, -0.05) is 82.9 Å². The van der Waals surface area contributed by atoms with Crippen LogP contribution in [0.2, 0.25) is 0 Å². The van der Waals surface area contributed by atoms with Crippen molar-refractivity contribution >= 4 is 7.82 Å². The minimum atomic E-state index is -4.37. The third-order valence-corrected chi connectivity index (χ3v) is 6.92. The van der Waals surface area contributed by atoms with Crippen LogP contribution >= 0.6 is 7.82 Å². The van der Waals surface area contributed by atoms with E-state index < -0.39 is 13.9 Å². The topological polar surface area (TPSA) is 77.1 Å². The van der Waals surface area contributed by atoms with E-state index in [1.54, 1.807) is 12.3 Å². The van der Waals surface area contributed by atoms with Gasteiger partial charge in [0, 0.05) is 6.61 Å². The standard InChI is InChI=1S/C29H58NO6P/c1-6-8-9-10-11-12-13-14-15-16-17-18-19-20-21-22-25-34-29(27-33-24-7-2)28-36-37(31,32)35-26-23-30(3,4)5/h7,16-17,24,29H,6,8-15,18-23,25-28H2,1-5H3/b17-16-,24-7+/t29-/m0/s1. The van der Waals surface area contributed by atoms with E-state index in [0.717, 1.165) is 25.7 Å². The first-order valence-corrected chi connectivity index (χ1v) is 16.1. The van der Waals surface area contributed by atoms with Gasteiger partial charge in [0.05, 0.1) is 34.0 Å². The normalized spacial score (nSPS) is 15.0. The van der Waals surface area contributed by atoms with Gasteiger partial charge in [-0.15, -0.1) is 0 Å². The average Bonchev–Trinajstić information content (AvgIpc) is 2.83. The van der Waals surface area contributed by atoms with Crippen molar-refractivity contribution in [3.63, 3.8) is 0 Å². The summed E-state index contributed by atoms with van der Waals surface area (Å²) in [6, 6.07) is 0. The highest BCUT2D eigenvalue weighted by atomic mass is 31.2. The van der Waals surface area contributed by atoms with E-state index in [0.29, 0.717) is 17.6 Å². The van der Waals surface area contributed by atoms with Crippen LogP contribution in [0, 0.1) is 0 Å². The van der Waals surface area contributed by atoms with Crippen molar-refractivity contribution in [1.29, 1.82) is 0 Å². The molecule has 0 aromatic rings. The van der Waals surface area contributed by atoms with Gasteiger partial charge < -0.3 is 27.9 Å². The minimum Gasteiger partial charge on any atom is -0.756 e. The Morgan fingerprint density at radius 1 is 0.784 bits per heavy atom. The molecule has 0 saturated heterocycles. The van der Waals surface area contributed by atoms with Crippen molar-refractivity contribution in [2.75, 3.05) is 54.1 Å². The smallest absolute Gasteiger partial charge is 0.268 e. The lowest BCUT2D eigenvalue weighted by Crippen LogP contribution is -2.37. The Kier molecular flexibility index (Phi) is 23.9. The first kappa shape index (κ1) is 36.3. The predicted octanol–water partition coefficient (Wildman–Crippen LogP) is 7.17. The van der Waals surface area contributed by atoms with E-state index in [9.17, 15) is 9.46 Å². The lowest BCUT2D eigenvalue weighted by Gasteiger charge is -2.28. The summed E-state index contributed by atoms with van der Waals surface area (Å²) in [5.74, 6) is 0. The molecule has 8 heteroatoms. The van der Waals surface area contributed by atoms with Crippen LogP contribution in [-0.2, 0) is 23.1 Å². The molecule has 1 unspecified atom stereocenters. The first-order valence-electron chi connectivity index (χ1n) is 14.6. The molecule has 0 heterocycles. The summed E-state index contributed by atoms with van der Waals surface area (Å²) in [5.41, 5.74) is 0. The third kappa shape index (κ3) is 28.1. The second kappa shape index (κ2) is 24.4. The third-order valence-electron chi connectivity index (χ3n) is 5.95. The number of rotatable bonds is 27. The molecular weight excluding hydrogens is 489 g/mol. The number of phosphoric acid groups is 1. The molecule has 0 aliphatic heterocycles. The summed E-state index contributed by atoms with van der Waals surface area (Å²) >= 11 is 0. The van der Waals surface area contributed by atoms with Crippen molar-refractivity contribution in [3.05, 3.63) is 24.5 Å². The van der Waals surface area contributed by atoms with Gasteiger partial charge in [-0.25, -0.2) is 0 Å². The fraction of sp³-hybridized carbons (Fsp3) is 0.862. The highest BCUT2D eigenvalue weighted by molar-refractivity contribution is 7.45. The molecule has 220 valence electrons. The van der Waals surface area contributed by atoms with E-state index in [1.165, 1.54) is 64.2 Å². The van der Waals surface area contributed by atoms with E-state index in [4.69, 9.17) is 18.5 Å². The van der Waals surface area contributed by atoms with Gasteiger partial charge in [0.1, 0.15) is 25.9 Å². The van der Waals surface area contributed by atoms with Crippen molar-refractivity contribution in [1.82, 2.24) is 0 Å². The Hall–Kier alpha value is -0.690. The summed E-state index contributed by atoms with van der Waals surface area (Å²) in [4.78, 5) is 12.0. The van der Waals surface area contributed by atoms with Crippen LogP contribution in [0.3, 0.4) is 0 Å². The number of ether oxygens (including phenoxy) is 2. The number of hydrogen-bond donors (Lipinski definition) is 0. The maximum Gasteiger partial charge on any atom is 0.268 e. The maximum absolute atomic E-state index is 12.0. The Labute approximate surface area is 228 Å². The van der Waals surface area contributed by atoms with Gasteiger partial charge in [0.15, 0.2) is 0 Å². The molecule has 0 bridgehead atoms. The number of phosphoric ester groups is 1. The van der Waals surface area contributed by atoms with E-state index in [2.05, 4.69) is 19.1 Å². The number of quaternary nitrogens is 1. The Morgan fingerprint density at radius 3 is 1.92 bits per heavy atom. The van der Waals surface area contributed by atoms with E-state index in [1.807, 2.05) is 28.1 Å². The summed E-state index contributed by atoms with van der Waals surface area (Å²) in [6.07, 6.45) is 25.2. The molecular formula is C29H58NO6P. The van der Waals surface area contributed by atoms with Gasteiger partial charge in [0.25, 0.3) is 7.82 Å². The van der Waals surface area contributed by atoms with Crippen molar-refractivity contribution in [2.24, 2.45) is 0 Å². The Morgan fingerprint density at radius 2 is 1.35 bits per heavy atom.